The third-order valence-corrected chi connectivity index (χ3v) is 3.61. The van der Waals surface area contributed by atoms with Gasteiger partial charge in [0.2, 0.25) is 0 Å². The average Bonchev–Trinajstić information content (AvgIpc) is 2.44. The fourth-order valence-corrected chi connectivity index (χ4v) is 2.86. The van der Waals surface area contributed by atoms with Gasteiger partial charge in [0.1, 0.15) is 5.78 Å². The van der Waals surface area contributed by atoms with E-state index in [4.69, 9.17) is 0 Å². The summed E-state index contributed by atoms with van der Waals surface area (Å²) in [6, 6.07) is 0. The lowest BCUT2D eigenvalue weighted by molar-refractivity contribution is -0.121. The Kier molecular flexibility index (Phi) is 2.51. The van der Waals surface area contributed by atoms with Gasteiger partial charge >= 0.3 is 0 Å². The van der Waals surface area contributed by atoms with Crippen molar-refractivity contribution < 1.29 is 4.79 Å². The molecule has 3 unspecified atom stereocenters. The molecule has 3 heteroatoms. The van der Waals surface area contributed by atoms with Crippen molar-refractivity contribution in [2.75, 3.05) is 25.0 Å². The van der Waals surface area contributed by atoms with E-state index < -0.39 is 0 Å². The fourth-order valence-electron chi connectivity index (χ4n) is 2.40. The largest absolute Gasteiger partial charge is 0.302 e. The summed E-state index contributed by atoms with van der Waals surface area (Å²) >= 11 is 3.24. The van der Waals surface area contributed by atoms with Crippen molar-refractivity contribution in [1.29, 1.82) is 0 Å². The Bertz CT molecular complexity index is 183. The molecule has 2 aliphatic heterocycles. The quantitative estimate of drug-likeness (QED) is 0.668. The monoisotopic (exact) mass is 231 g/mol. The Morgan fingerprint density at radius 1 is 1.50 bits per heavy atom. The third kappa shape index (κ3) is 1.57. The van der Waals surface area contributed by atoms with Gasteiger partial charge in [-0.2, -0.15) is 0 Å². The molecule has 2 bridgehead atoms. The van der Waals surface area contributed by atoms with E-state index in [2.05, 4.69) is 20.8 Å². The zero-order chi connectivity index (χ0) is 8.55. The Hall–Kier alpha value is 0.110. The van der Waals surface area contributed by atoms with E-state index in [-0.39, 0.29) is 0 Å². The number of Topliss-reactive ketones (excluding diaryl/α,β-unsaturated/α-hetero) is 1. The number of hydrogen-bond acceptors (Lipinski definition) is 2. The number of rotatable bonds is 2. The van der Waals surface area contributed by atoms with Crippen molar-refractivity contribution >= 4 is 21.7 Å². The van der Waals surface area contributed by atoms with Crippen LogP contribution in [0.15, 0.2) is 0 Å². The highest BCUT2D eigenvalue weighted by atomic mass is 79.9. The predicted octanol–water partition coefficient (Wildman–Crippen LogP) is 1.29. The first-order valence-electron chi connectivity index (χ1n) is 4.60. The number of alkyl halides is 1. The molecule has 2 heterocycles. The number of carbonyl (C=O) groups is 1. The number of ketones is 1. The van der Waals surface area contributed by atoms with E-state index in [0.717, 1.165) is 18.9 Å². The predicted molar refractivity (Wildman–Crippen MR) is 51.5 cm³/mol. The van der Waals surface area contributed by atoms with Gasteiger partial charge in [-0.15, -0.1) is 0 Å². The van der Waals surface area contributed by atoms with E-state index in [1.54, 1.807) is 0 Å². The normalized spacial score (nSPS) is 39.9. The summed E-state index contributed by atoms with van der Waals surface area (Å²) in [6.45, 7) is 3.48. The molecule has 2 nitrogen and oxygen atoms in total. The number of nitrogens with zero attached hydrogens (tertiary/aromatic N) is 1. The average molecular weight is 232 g/mol. The van der Waals surface area contributed by atoms with Gasteiger partial charge in [0.25, 0.3) is 0 Å². The first-order chi connectivity index (χ1) is 5.79. The van der Waals surface area contributed by atoms with Crippen LogP contribution in [0, 0.1) is 11.8 Å². The summed E-state index contributed by atoms with van der Waals surface area (Å²) in [5, 5.41) is 0.540. The first-order valence-corrected chi connectivity index (χ1v) is 5.73. The molecule has 0 amide bonds. The maximum absolute atomic E-state index is 11.4. The van der Waals surface area contributed by atoms with E-state index in [9.17, 15) is 4.79 Å². The minimum absolute atomic E-state index is 0.325. The second kappa shape index (κ2) is 3.46. The van der Waals surface area contributed by atoms with Crippen LogP contribution in [-0.4, -0.2) is 35.6 Å². The second-order valence-corrected chi connectivity index (χ2v) is 4.51. The van der Waals surface area contributed by atoms with Crippen molar-refractivity contribution in [3.8, 4) is 0 Å². The zero-order valence-corrected chi connectivity index (χ0v) is 8.72. The number of fused-ring (bicyclic) bond motifs is 2. The summed E-state index contributed by atoms with van der Waals surface area (Å²) in [6.07, 6.45) is 2.45. The Morgan fingerprint density at radius 3 is 3.00 bits per heavy atom. The molecule has 2 saturated heterocycles. The molecule has 0 aromatic heterocycles. The van der Waals surface area contributed by atoms with Crippen molar-refractivity contribution in [3.63, 3.8) is 0 Å². The SMILES string of the molecule is O=C(CBr)C1CC2CCN(C2)C1. The molecule has 0 radical (unpaired) electrons. The Morgan fingerprint density at radius 2 is 2.33 bits per heavy atom. The fraction of sp³-hybridized carbons (Fsp3) is 0.889. The van der Waals surface area contributed by atoms with Crippen LogP contribution in [0.25, 0.3) is 0 Å². The van der Waals surface area contributed by atoms with Crippen molar-refractivity contribution in [1.82, 2.24) is 4.90 Å². The standard InChI is InChI=1S/C9H14BrNO/c10-4-9(12)8-3-7-1-2-11(5-7)6-8/h7-8H,1-6H2. The first kappa shape index (κ1) is 8.70. The van der Waals surface area contributed by atoms with Crippen LogP contribution in [0.2, 0.25) is 0 Å². The summed E-state index contributed by atoms with van der Waals surface area (Å²) in [5.41, 5.74) is 0. The summed E-state index contributed by atoms with van der Waals surface area (Å²) < 4.78 is 0. The minimum Gasteiger partial charge on any atom is -0.302 e. The summed E-state index contributed by atoms with van der Waals surface area (Å²) in [4.78, 5) is 13.8. The molecule has 3 atom stereocenters. The van der Waals surface area contributed by atoms with Crippen LogP contribution in [-0.2, 0) is 4.79 Å². The van der Waals surface area contributed by atoms with Crippen LogP contribution in [0.4, 0.5) is 0 Å². The van der Waals surface area contributed by atoms with Gasteiger partial charge in [-0.05, 0) is 25.3 Å². The molecule has 0 aliphatic carbocycles. The van der Waals surface area contributed by atoms with Crippen molar-refractivity contribution in [3.05, 3.63) is 0 Å². The highest BCUT2D eigenvalue weighted by molar-refractivity contribution is 9.09. The maximum Gasteiger partial charge on any atom is 0.147 e. The van der Waals surface area contributed by atoms with E-state index in [0.29, 0.717) is 17.0 Å². The molecule has 2 aliphatic rings. The number of halogens is 1. The summed E-state index contributed by atoms with van der Waals surface area (Å²) in [5.74, 6) is 1.53. The second-order valence-electron chi connectivity index (χ2n) is 3.95. The van der Waals surface area contributed by atoms with Gasteiger partial charge in [0, 0.05) is 19.0 Å². The van der Waals surface area contributed by atoms with Gasteiger partial charge in [-0.25, -0.2) is 0 Å². The van der Waals surface area contributed by atoms with Crippen LogP contribution < -0.4 is 0 Å². The molecule has 0 spiro atoms. The van der Waals surface area contributed by atoms with Gasteiger partial charge in [0.05, 0.1) is 5.33 Å². The lowest BCUT2D eigenvalue weighted by Gasteiger charge is -2.28. The van der Waals surface area contributed by atoms with Crippen molar-refractivity contribution in [2.45, 2.75) is 12.8 Å². The van der Waals surface area contributed by atoms with Crippen LogP contribution in [0.3, 0.4) is 0 Å². The highest BCUT2D eigenvalue weighted by Crippen LogP contribution is 2.30. The molecule has 2 rings (SSSR count). The number of carbonyl (C=O) groups excluding carboxylic acids is 1. The highest BCUT2D eigenvalue weighted by Gasteiger charge is 2.34. The topological polar surface area (TPSA) is 20.3 Å². The van der Waals surface area contributed by atoms with Crippen LogP contribution >= 0.6 is 15.9 Å². The Labute approximate surface area is 81.4 Å². The molecule has 0 saturated carbocycles. The third-order valence-electron chi connectivity index (χ3n) is 3.05. The van der Waals surface area contributed by atoms with Gasteiger partial charge < -0.3 is 4.90 Å². The molecule has 2 fully saturated rings. The molecule has 68 valence electrons. The lowest BCUT2D eigenvalue weighted by atomic mass is 9.89. The smallest absolute Gasteiger partial charge is 0.147 e. The molecule has 0 N–H and O–H groups in total. The number of hydrogen-bond donors (Lipinski definition) is 0. The molecular formula is C9H14BrNO. The van der Waals surface area contributed by atoms with E-state index >= 15 is 0 Å². The minimum atomic E-state index is 0.325. The van der Waals surface area contributed by atoms with Crippen LogP contribution in [0.1, 0.15) is 12.8 Å². The summed E-state index contributed by atoms with van der Waals surface area (Å²) in [7, 11) is 0. The van der Waals surface area contributed by atoms with Gasteiger partial charge in [-0.1, -0.05) is 15.9 Å². The Balaban J connectivity index is 1.98. The van der Waals surface area contributed by atoms with Gasteiger partial charge in [0.15, 0.2) is 0 Å². The maximum atomic E-state index is 11.4. The van der Waals surface area contributed by atoms with Crippen molar-refractivity contribution in [2.24, 2.45) is 11.8 Å². The lowest BCUT2D eigenvalue weighted by Crippen LogP contribution is -2.37. The van der Waals surface area contributed by atoms with E-state index in [1.165, 1.54) is 19.5 Å². The molecular weight excluding hydrogens is 218 g/mol. The molecule has 0 aromatic rings. The molecule has 0 aromatic carbocycles. The van der Waals surface area contributed by atoms with E-state index in [1.807, 2.05) is 0 Å². The zero-order valence-electron chi connectivity index (χ0n) is 7.13. The van der Waals surface area contributed by atoms with Gasteiger partial charge in [-0.3, -0.25) is 4.79 Å². The van der Waals surface area contributed by atoms with Crippen LogP contribution in [0.5, 0.6) is 0 Å². The number of piperidine rings is 1. The molecule has 12 heavy (non-hydrogen) atoms.